The lowest BCUT2D eigenvalue weighted by Crippen LogP contribution is -2.43. The number of piperidine rings is 1. The minimum Gasteiger partial charge on any atom is -0.480 e. The van der Waals surface area contributed by atoms with E-state index in [2.05, 4.69) is 17.5 Å². The maximum Gasteiger partial charge on any atom is 0.325 e. The van der Waals surface area contributed by atoms with Crippen LogP contribution in [0.1, 0.15) is 19.3 Å². The highest BCUT2D eigenvalue weighted by molar-refractivity contribution is 5.79. The first-order valence-corrected chi connectivity index (χ1v) is 4.64. The van der Waals surface area contributed by atoms with Crippen LogP contribution in [0.4, 0.5) is 0 Å². The minimum atomic E-state index is -0.765. The zero-order valence-corrected chi connectivity index (χ0v) is 7.42. The van der Waals surface area contributed by atoms with Crippen molar-refractivity contribution in [3.05, 3.63) is 23.3 Å². The fourth-order valence-electron chi connectivity index (χ4n) is 1.98. The summed E-state index contributed by atoms with van der Waals surface area (Å²) in [5.74, 6) is -0.765. The number of hydrogen-bond donors (Lipinski definition) is 2. The highest BCUT2D eigenvalue weighted by Crippen LogP contribution is 2.27. The summed E-state index contributed by atoms with van der Waals surface area (Å²) in [6.07, 6.45) is 7.23. The van der Waals surface area contributed by atoms with E-state index in [1.807, 2.05) is 0 Å². The number of rotatable bonds is 1. The van der Waals surface area contributed by atoms with Gasteiger partial charge in [-0.05, 0) is 30.4 Å². The SMILES string of the molecule is O=C(O)C1NCCC2=CCCC=C21. The molecule has 2 aliphatic rings. The van der Waals surface area contributed by atoms with Gasteiger partial charge in [-0.25, -0.2) is 0 Å². The highest BCUT2D eigenvalue weighted by Gasteiger charge is 2.28. The van der Waals surface area contributed by atoms with Crippen molar-refractivity contribution in [2.75, 3.05) is 6.54 Å². The second kappa shape index (κ2) is 3.34. The third-order valence-corrected chi connectivity index (χ3v) is 2.59. The molecular weight excluding hydrogens is 166 g/mol. The third-order valence-electron chi connectivity index (χ3n) is 2.59. The van der Waals surface area contributed by atoms with Gasteiger partial charge in [-0.2, -0.15) is 0 Å². The number of carboxylic acid groups (broad SMARTS) is 1. The van der Waals surface area contributed by atoms with Crippen LogP contribution in [0.2, 0.25) is 0 Å². The molecule has 1 atom stereocenters. The van der Waals surface area contributed by atoms with Gasteiger partial charge in [0.25, 0.3) is 0 Å². The fourth-order valence-corrected chi connectivity index (χ4v) is 1.98. The molecule has 3 heteroatoms. The maximum absolute atomic E-state index is 10.9. The number of fused-ring (bicyclic) bond motifs is 1. The number of allylic oxidation sites excluding steroid dienone is 2. The summed E-state index contributed by atoms with van der Waals surface area (Å²) in [6.45, 7) is 0.778. The Bertz CT molecular complexity index is 291. The number of hydrogen-bond acceptors (Lipinski definition) is 2. The molecular formula is C10H13NO2. The molecule has 1 fully saturated rings. The van der Waals surface area contributed by atoms with E-state index in [0.717, 1.165) is 31.4 Å². The van der Waals surface area contributed by atoms with Crippen LogP contribution in [0.25, 0.3) is 0 Å². The molecule has 2 N–H and O–H groups in total. The standard InChI is InChI=1S/C10H13NO2/c12-10(13)9-8-4-2-1-3-7(8)5-6-11-9/h3-4,9,11H,1-2,5-6H2,(H,12,13). The summed E-state index contributed by atoms with van der Waals surface area (Å²) >= 11 is 0. The van der Waals surface area contributed by atoms with Gasteiger partial charge in [0.15, 0.2) is 0 Å². The lowest BCUT2D eigenvalue weighted by Gasteiger charge is -2.28. The largest absolute Gasteiger partial charge is 0.480 e. The summed E-state index contributed by atoms with van der Waals surface area (Å²) in [4.78, 5) is 10.9. The normalized spacial score (nSPS) is 27.2. The predicted octanol–water partition coefficient (Wildman–Crippen LogP) is 1.08. The zero-order chi connectivity index (χ0) is 9.26. The molecule has 0 saturated carbocycles. The summed E-state index contributed by atoms with van der Waals surface area (Å²) in [5.41, 5.74) is 2.22. The molecule has 1 saturated heterocycles. The first kappa shape index (κ1) is 8.51. The Kier molecular flexibility index (Phi) is 2.19. The summed E-state index contributed by atoms with van der Waals surface area (Å²) in [7, 11) is 0. The lowest BCUT2D eigenvalue weighted by molar-refractivity contribution is -0.138. The van der Waals surface area contributed by atoms with Crippen LogP contribution >= 0.6 is 0 Å². The quantitative estimate of drug-likeness (QED) is 0.633. The van der Waals surface area contributed by atoms with Crippen molar-refractivity contribution in [1.82, 2.24) is 5.32 Å². The monoisotopic (exact) mass is 179 g/mol. The topological polar surface area (TPSA) is 49.3 Å². The maximum atomic E-state index is 10.9. The Labute approximate surface area is 77.1 Å². The summed E-state index contributed by atoms with van der Waals surface area (Å²) in [6, 6.07) is -0.472. The smallest absolute Gasteiger partial charge is 0.325 e. The molecule has 3 nitrogen and oxygen atoms in total. The molecule has 1 aliphatic heterocycles. The van der Waals surface area contributed by atoms with Gasteiger partial charge in [0.1, 0.15) is 6.04 Å². The van der Waals surface area contributed by atoms with Gasteiger partial charge in [-0.1, -0.05) is 12.2 Å². The number of nitrogens with one attached hydrogen (secondary N) is 1. The van der Waals surface area contributed by atoms with Crippen LogP contribution in [0, 0.1) is 0 Å². The average Bonchev–Trinajstić information content (AvgIpc) is 2.17. The van der Waals surface area contributed by atoms with Crippen molar-refractivity contribution >= 4 is 5.97 Å². The van der Waals surface area contributed by atoms with Crippen LogP contribution in [0.5, 0.6) is 0 Å². The van der Waals surface area contributed by atoms with E-state index in [4.69, 9.17) is 5.11 Å². The first-order valence-electron chi connectivity index (χ1n) is 4.64. The van der Waals surface area contributed by atoms with Gasteiger partial charge in [0, 0.05) is 6.54 Å². The summed E-state index contributed by atoms with van der Waals surface area (Å²) in [5, 5.41) is 12.0. The van der Waals surface area contributed by atoms with Gasteiger partial charge in [0.05, 0.1) is 0 Å². The highest BCUT2D eigenvalue weighted by atomic mass is 16.4. The lowest BCUT2D eigenvalue weighted by atomic mass is 9.87. The Morgan fingerprint density at radius 2 is 2.23 bits per heavy atom. The number of carbonyl (C=O) groups is 1. The van der Waals surface area contributed by atoms with Crippen molar-refractivity contribution in [1.29, 1.82) is 0 Å². The second-order valence-corrected chi connectivity index (χ2v) is 3.44. The third kappa shape index (κ3) is 1.52. The van der Waals surface area contributed by atoms with Gasteiger partial charge in [0.2, 0.25) is 0 Å². The van der Waals surface area contributed by atoms with E-state index in [9.17, 15) is 4.79 Å². The Morgan fingerprint density at radius 3 is 3.00 bits per heavy atom. The predicted molar refractivity (Wildman–Crippen MR) is 49.4 cm³/mol. The summed E-state index contributed by atoms with van der Waals surface area (Å²) < 4.78 is 0. The van der Waals surface area contributed by atoms with E-state index in [-0.39, 0.29) is 0 Å². The van der Waals surface area contributed by atoms with Crippen LogP contribution in [0.3, 0.4) is 0 Å². The van der Waals surface area contributed by atoms with E-state index < -0.39 is 12.0 Å². The zero-order valence-electron chi connectivity index (χ0n) is 7.42. The molecule has 1 unspecified atom stereocenters. The van der Waals surface area contributed by atoms with Gasteiger partial charge >= 0.3 is 5.97 Å². The average molecular weight is 179 g/mol. The second-order valence-electron chi connectivity index (χ2n) is 3.44. The van der Waals surface area contributed by atoms with Crippen LogP contribution in [-0.2, 0) is 4.79 Å². The van der Waals surface area contributed by atoms with E-state index in [1.54, 1.807) is 0 Å². The Morgan fingerprint density at radius 1 is 1.46 bits per heavy atom. The van der Waals surface area contributed by atoms with E-state index >= 15 is 0 Å². The fraction of sp³-hybridized carbons (Fsp3) is 0.500. The Hall–Kier alpha value is -1.09. The van der Waals surface area contributed by atoms with Crippen molar-refractivity contribution in [3.8, 4) is 0 Å². The Balaban J connectivity index is 2.26. The van der Waals surface area contributed by atoms with E-state index in [0.29, 0.717) is 0 Å². The van der Waals surface area contributed by atoms with Crippen molar-refractivity contribution in [2.45, 2.75) is 25.3 Å². The van der Waals surface area contributed by atoms with Crippen molar-refractivity contribution in [3.63, 3.8) is 0 Å². The molecule has 1 heterocycles. The molecule has 0 amide bonds. The number of aliphatic carboxylic acids is 1. The van der Waals surface area contributed by atoms with Crippen molar-refractivity contribution < 1.29 is 9.90 Å². The molecule has 0 radical (unpaired) electrons. The van der Waals surface area contributed by atoms with Crippen LogP contribution in [-0.4, -0.2) is 23.7 Å². The molecule has 13 heavy (non-hydrogen) atoms. The molecule has 0 bridgehead atoms. The molecule has 70 valence electrons. The number of carboxylic acids is 1. The van der Waals surface area contributed by atoms with Crippen LogP contribution in [0.15, 0.2) is 23.3 Å². The van der Waals surface area contributed by atoms with Gasteiger partial charge in [-0.15, -0.1) is 0 Å². The van der Waals surface area contributed by atoms with Crippen molar-refractivity contribution in [2.24, 2.45) is 0 Å². The van der Waals surface area contributed by atoms with Gasteiger partial charge in [-0.3, -0.25) is 4.79 Å². The minimum absolute atomic E-state index is 0.472. The first-order chi connectivity index (χ1) is 6.29. The molecule has 0 aromatic heterocycles. The molecule has 1 aliphatic carbocycles. The molecule has 0 spiro atoms. The molecule has 2 rings (SSSR count). The molecule has 0 aromatic rings. The molecule has 0 aromatic carbocycles. The van der Waals surface area contributed by atoms with Gasteiger partial charge < -0.3 is 10.4 Å². The van der Waals surface area contributed by atoms with E-state index in [1.165, 1.54) is 5.57 Å². The van der Waals surface area contributed by atoms with Crippen LogP contribution < -0.4 is 5.32 Å².